The Hall–Kier alpha value is -0.810. The average Bonchev–Trinajstić information content (AvgIpc) is 2.29. The number of carbonyl (C=O) groups excluding carboxylic acids is 1. The van der Waals surface area contributed by atoms with Crippen molar-refractivity contribution in [1.29, 1.82) is 0 Å². The van der Waals surface area contributed by atoms with Crippen molar-refractivity contribution < 1.29 is 13.2 Å². The zero-order valence-corrected chi connectivity index (χ0v) is 11.2. The third-order valence-electron chi connectivity index (χ3n) is 2.77. The van der Waals surface area contributed by atoms with Crippen molar-refractivity contribution in [3.8, 4) is 0 Å². The zero-order valence-electron chi connectivity index (χ0n) is 9.55. The predicted molar refractivity (Wildman–Crippen MR) is 68.9 cm³/mol. The molecule has 1 heterocycles. The van der Waals surface area contributed by atoms with Crippen LogP contribution in [0, 0.1) is 6.92 Å². The minimum Gasteiger partial charge on any atom is -0.300 e. The average molecular weight is 270 g/mol. The summed E-state index contributed by atoms with van der Waals surface area (Å²) in [5.41, 5.74) is 1.02. The van der Waals surface area contributed by atoms with Crippen molar-refractivity contribution in [3.63, 3.8) is 0 Å². The van der Waals surface area contributed by atoms with Crippen LogP contribution in [-0.4, -0.2) is 24.5 Å². The highest BCUT2D eigenvalue weighted by Gasteiger charge is 2.32. The number of benzene rings is 1. The Morgan fingerprint density at radius 3 is 2.47 bits per heavy atom. The van der Waals surface area contributed by atoms with Crippen molar-refractivity contribution >= 4 is 27.4 Å². The molecule has 1 aliphatic rings. The number of hydrogen-bond acceptors (Lipinski definition) is 4. The third-order valence-corrected chi connectivity index (χ3v) is 6.71. The molecule has 1 atom stereocenters. The van der Waals surface area contributed by atoms with Crippen LogP contribution in [0.3, 0.4) is 0 Å². The minimum atomic E-state index is -3.37. The number of Topliss-reactive ketones (excluding diaryl/α,β-unsaturated/α-hetero) is 1. The van der Waals surface area contributed by atoms with Crippen LogP contribution in [0.4, 0.5) is 0 Å². The summed E-state index contributed by atoms with van der Waals surface area (Å²) in [5.74, 6) is 0.652. The van der Waals surface area contributed by atoms with Gasteiger partial charge in [0.1, 0.15) is 10.4 Å². The van der Waals surface area contributed by atoms with Crippen LogP contribution in [0.1, 0.15) is 18.4 Å². The number of ketones is 1. The van der Waals surface area contributed by atoms with E-state index in [2.05, 4.69) is 0 Å². The van der Waals surface area contributed by atoms with Crippen molar-refractivity contribution in [1.82, 2.24) is 0 Å². The second kappa shape index (κ2) is 4.82. The summed E-state index contributed by atoms with van der Waals surface area (Å²) in [6.07, 6.45) is 0.630. The number of sulfone groups is 1. The molecule has 1 aliphatic heterocycles. The summed E-state index contributed by atoms with van der Waals surface area (Å²) in [6.45, 7) is 1.91. The number of carbonyl (C=O) groups is 1. The van der Waals surface area contributed by atoms with E-state index < -0.39 is 14.4 Å². The molecule has 1 fully saturated rings. The Labute approximate surface area is 106 Å². The molecule has 17 heavy (non-hydrogen) atoms. The molecular formula is C12H14O3S2. The summed E-state index contributed by atoms with van der Waals surface area (Å²) in [7, 11) is -3.37. The highest BCUT2D eigenvalue weighted by Crippen LogP contribution is 2.31. The lowest BCUT2D eigenvalue weighted by atomic mass is 10.2. The molecule has 3 nitrogen and oxygen atoms in total. The SMILES string of the molecule is Cc1ccc(S(=O)(=O)C2CC(=O)CCS2)cc1. The van der Waals surface area contributed by atoms with Gasteiger partial charge in [0, 0.05) is 18.6 Å². The lowest BCUT2D eigenvalue weighted by molar-refractivity contribution is -0.118. The monoisotopic (exact) mass is 270 g/mol. The van der Waals surface area contributed by atoms with E-state index in [0.29, 0.717) is 17.1 Å². The van der Waals surface area contributed by atoms with E-state index in [-0.39, 0.29) is 12.2 Å². The van der Waals surface area contributed by atoms with Gasteiger partial charge in [-0.05, 0) is 19.1 Å². The highest BCUT2D eigenvalue weighted by molar-refractivity contribution is 8.13. The first-order valence-electron chi connectivity index (χ1n) is 5.44. The summed E-state index contributed by atoms with van der Waals surface area (Å²) < 4.78 is 23.9. The van der Waals surface area contributed by atoms with Crippen LogP contribution in [0.15, 0.2) is 29.2 Å². The van der Waals surface area contributed by atoms with Crippen LogP contribution >= 0.6 is 11.8 Å². The second-order valence-corrected chi connectivity index (χ2v) is 7.89. The molecule has 1 saturated heterocycles. The molecule has 0 spiro atoms. The Bertz CT molecular complexity index is 517. The second-order valence-electron chi connectivity index (χ2n) is 4.15. The van der Waals surface area contributed by atoms with Crippen molar-refractivity contribution in [3.05, 3.63) is 29.8 Å². The van der Waals surface area contributed by atoms with Gasteiger partial charge in [-0.2, -0.15) is 0 Å². The molecule has 1 unspecified atom stereocenters. The van der Waals surface area contributed by atoms with Crippen molar-refractivity contribution in [2.45, 2.75) is 29.2 Å². The quantitative estimate of drug-likeness (QED) is 0.826. The van der Waals surface area contributed by atoms with Gasteiger partial charge < -0.3 is 0 Å². The molecule has 0 saturated carbocycles. The van der Waals surface area contributed by atoms with Crippen LogP contribution in [-0.2, 0) is 14.6 Å². The Morgan fingerprint density at radius 2 is 1.88 bits per heavy atom. The van der Waals surface area contributed by atoms with Crippen molar-refractivity contribution in [2.75, 3.05) is 5.75 Å². The number of hydrogen-bond donors (Lipinski definition) is 0. The van der Waals surface area contributed by atoms with Gasteiger partial charge in [-0.15, -0.1) is 11.8 Å². The first-order chi connectivity index (χ1) is 8.00. The van der Waals surface area contributed by atoms with Crippen LogP contribution in [0.5, 0.6) is 0 Å². The van der Waals surface area contributed by atoms with Gasteiger partial charge >= 0.3 is 0 Å². The van der Waals surface area contributed by atoms with E-state index in [1.165, 1.54) is 11.8 Å². The van der Waals surface area contributed by atoms with E-state index in [1.807, 2.05) is 6.92 Å². The van der Waals surface area contributed by atoms with Gasteiger partial charge in [0.05, 0.1) is 4.90 Å². The van der Waals surface area contributed by atoms with Gasteiger partial charge in [0.15, 0.2) is 9.84 Å². The van der Waals surface area contributed by atoms with E-state index in [4.69, 9.17) is 0 Å². The Kier molecular flexibility index (Phi) is 3.58. The van der Waals surface area contributed by atoms with E-state index in [1.54, 1.807) is 24.3 Å². The number of rotatable bonds is 2. The van der Waals surface area contributed by atoms with E-state index >= 15 is 0 Å². The standard InChI is InChI=1S/C12H14O3S2/c1-9-2-4-11(5-3-9)17(14,15)12-8-10(13)6-7-16-12/h2-5,12H,6-8H2,1H3. The molecule has 0 aliphatic carbocycles. The third kappa shape index (κ3) is 2.72. The molecule has 5 heteroatoms. The maximum atomic E-state index is 12.3. The molecule has 0 aromatic heterocycles. The molecule has 1 aromatic rings. The van der Waals surface area contributed by atoms with Gasteiger partial charge in [-0.3, -0.25) is 4.79 Å². The fraction of sp³-hybridized carbons (Fsp3) is 0.417. The maximum Gasteiger partial charge on any atom is 0.190 e. The van der Waals surface area contributed by atoms with Crippen LogP contribution in [0.25, 0.3) is 0 Å². The highest BCUT2D eigenvalue weighted by atomic mass is 32.3. The smallest absolute Gasteiger partial charge is 0.190 e. The van der Waals surface area contributed by atoms with Gasteiger partial charge in [0.2, 0.25) is 0 Å². The minimum absolute atomic E-state index is 0.0458. The molecule has 0 radical (unpaired) electrons. The lowest BCUT2D eigenvalue weighted by Crippen LogP contribution is -2.26. The maximum absolute atomic E-state index is 12.3. The number of aryl methyl sites for hydroxylation is 1. The normalized spacial score (nSPS) is 21.5. The van der Waals surface area contributed by atoms with Gasteiger partial charge in [-0.25, -0.2) is 8.42 Å². The first kappa shape index (κ1) is 12.6. The van der Waals surface area contributed by atoms with Crippen molar-refractivity contribution in [2.24, 2.45) is 0 Å². The predicted octanol–water partition coefficient (Wildman–Crippen LogP) is 2.19. The van der Waals surface area contributed by atoms with Gasteiger partial charge in [-0.1, -0.05) is 17.7 Å². The molecule has 2 rings (SSSR count). The fourth-order valence-electron chi connectivity index (χ4n) is 1.73. The molecule has 0 amide bonds. The topological polar surface area (TPSA) is 51.2 Å². The Morgan fingerprint density at radius 1 is 1.24 bits per heavy atom. The van der Waals surface area contributed by atoms with E-state index in [0.717, 1.165) is 5.56 Å². The Balaban J connectivity index is 2.29. The lowest BCUT2D eigenvalue weighted by Gasteiger charge is -2.20. The van der Waals surface area contributed by atoms with E-state index in [9.17, 15) is 13.2 Å². The van der Waals surface area contributed by atoms with Crippen LogP contribution in [0.2, 0.25) is 0 Å². The summed E-state index contributed by atoms with van der Waals surface area (Å²) in [5, 5.41) is 0. The van der Waals surface area contributed by atoms with Crippen LogP contribution < -0.4 is 0 Å². The molecule has 0 N–H and O–H groups in total. The largest absolute Gasteiger partial charge is 0.300 e. The molecule has 1 aromatic carbocycles. The summed E-state index contributed by atoms with van der Waals surface area (Å²) in [6, 6.07) is 6.79. The first-order valence-corrected chi connectivity index (χ1v) is 8.03. The molecule has 0 bridgehead atoms. The molecule has 92 valence electrons. The summed E-state index contributed by atoms with van der Waals surface area (Å²) >= 11 is 1.36. The van der Waals surface area contributed by atoms with Gasteiger partial charge in [0.25, 0.3) is 0 Å². The zero-order chi connectivity index (χ0) is 12.5. The molecular weight excluding hydrogens is 256 g/mol. The summed E-state index contributed by atoms with van der Waals surface area (Å²) in [4.78, 5) is 11.6. The number of thioether (sulfide) groups is 1. The fourth-order valence-corrected chi connectivity index (χ4v) is 5.21.